The van der Waals surface area contributed by atoms with Crippen LogP contribution in [0.2, 0.25) is 0 Å². The van der Waals surface area contributed by atoms with Gasteiger partial charge >= 0.3 is 0 Å². The van der Waals surface area contributed by atoms with E-state index < -0.39 is 0 Å². The lowest BCUT2D eigenvalue weighted by atomic mass is 9.88. The largest absolute Gasteiger partial charge is 0.349 e. The molecule has 1 saturated carbocycles. The van der Waals surface area contributed by atoms with Crippen LogP contribution < -0.4 is 5.32 Å². The van der Waals surface area contributed by atoms with Crippen molar-refractivity contribution in [2.45, 2.75) is 44.6 Å². The molecule has 1 N–H and O–H groups in total. The maximum atomic E-state index is 12.7. The van der Waals surface area contributed by atoms with Crippen molar-refractivity contribution in [3.05, 3.63) is 71.8 Å². The van der Waals surface area contributed by atoms with Crippen LogP contribution in [0.1, 0.15) is 49.3 Å². The molecule has 0 heterocycles. The van der Waals surface area contributed by atoms with Gasteiger partial charge in [-0.2, -0.15) is 0 Å². The molecule has 2 aromatic rings. The van der Waals surface area contributed by atoms with Crippen LogP contribution in [-0.2, 0) is 11.2 Å². The third kappa shape index (κ3) is 4.44. The van der Waals surface area contributed by atoms with Crippen LogP contribution in [0.5, 0.6) is 0 Å². The SMILES string of the molecule is O=C(N[C@@H](Cc1ccccc1)c1ccccc1)C1CCCCC1. The van der Waals surface area contributed by atoms with E-state index in [-0.39, 0.29) is 17.9 Å². The summed E-state index contributed by atoms with van der Waals surface area (Å²) in [6, 6.07) is 20.8. The van der Waals surface area contributed by atoms with E-state index >= 15 is 0 Å². The van der Waals surface area contributed by atoms with Crippen molar-refractivity contribution >= 4 is 5.91 Å². The Morgan fingerprint density at radius 2 is 1.52 bits per heavy atom. The van der Waals surface area contributed by atoms with Crippen LogP contribution in [-0.4, -0.2) is 5.91 Å². The van der Waals surface area contributed by atoms with E-state index in [1.165, 1.54) is 30.4 Å². The number of rotatable bonds is 5. The molecule has 0 radical (unpaired) electrons. The first-order chi connectivity index (χ1) is 11.3. The summed E-state index contributed by atoms with van der Waals surface area (Å²) in [5.74, 6) is 0.431. The van der Waals surface area contributed by atoms with Crippen molar-refractivity contribution in [2.24, 2.45) is 5.92 Å². The Labute approximate surface area is 138 Å². The molecular formula is C21H25NO. The number of hydrogen-bond acceptors (Lipinski definition) is 1. The number of nitrogens with one attached hydrogen (secondary N) is 1. The summed E-state index contributed by atoms with van der Waals surface area (Å²) in [4.78, 5) is 12.7. The lowest BCUT2D eigenvalue weighted by Gasteiger charge is -2.25. The molecule has 0 spiro atoms. The first-order valence-corrected chi connectivity index (χ1v) is 8.72. The Morgan fingerprint density at radius 1 is 0.913 bits per heavy atom. The molecule has 0 unspecified atom stereocenters. The lowest BCUT2D eigenvalue weighted by Crippen LogP contribution is -2.35. The molecule has 0 saturated heterocycles. The quantitative estimate of drug-likeness (QED) is 0.854. The van der Waals surface area contributed by atoms with Crippen molar-refractivity contribution in [2.75, 3.05) is 0 Å². The van der Waals surface area contributed by atoms with Crippen molar-refractivity contribution in [1.29, 1.82) is 0 Å². The summed E-state index contributed by atoms with van der Waals surface area (Å²) in [6.07, 6.45) is 6.57. The van der Waals surface area contributed by atoms with Gasteiger partial charge in [0.1, 0.15) is 0 Å². The van der Waals surface area contributed by atoms with E-state index in [0.29, 0.717) is 0 Å². The monoisotopic (exact) mass is 307 g/mol. The molecular weight excluding hydrogens is 282 g/mol. The molecule has 23 heavy (non-hydrogen) atoms. The van der Waals surface area contributed by atoms with E-state index in [1.807, 2.05) is 24.3 Å². The molecule has 1 atom stereocenters. The van der Waals surface area contributed by atoms with Gasteiger partial charge in [-0.05, 0) is 30.4 Å². The van der Waals surface area contributed by atoms with Gasteiger partial charge in [-0.25, -0.2) is 0 Å². The third-order valence-corrected chi connectivity index (χ3v) is 4.78. The smallest absolute Gasteiger partial charge is 0.223 e. The number of hydrogen-bond donors (Lipinski definition) is 1. The first-order valence-electron chi connectivity index (χ1n) is 8.72. The highest BCUT2D eigenvalue weighted by Crippen LogP contribution is 2.25. The van der Waals surface area contributed by atoms with Gasteiger partial charge < -0.3 is 5.32 Å². The van der Waals surface area contributed by atoms with E-state index in [1.54, 1.807) is 0 Å². The molecule has 2 nitrogen and oxygen atoms in total. The normalized spacial score (nSPS) is 16.7. The van der Waals surface area contributed by atoms with Crippen LogP contribution in [0.15, 0.2) is 60.7 Å². The lowest BCUT2D eigenvalue weighted by molar-refractivity contribution is -0.126. The van der Waals surface area contributed by atoms with Crippen LogP contribution in [0.25, 0.3) is 0 Å². The predicted molar refractivity (Wildman–Crippen MR) is 94.0 cm³/mol. The molecule has 0 aromatic heterocycles. The third-order valence-electron chi connectivity index (χ3n) is 4.78. The van der Waals surface area contributed by atoms with Gasteiger partial charge in [-0.15, -0.1) is 0 Å². The van der Waals surface area contributed by atoms with Gasteiger partial charge in [0.25, 0.3) is 0 Å². The van der Waals surface area contributed by atoms with Gasteiger partial charge in [0.05, 0.1) is 6.04 Å². The fourth-order valence-electron chi connectivity index (χ4n) is 3.44. The second-order valence-electron chi connectivity index (χ2n) is 6.50. The summed E-state index contributed by atoms with van der Waals surface area (Å²) in [5, 5.41) is 3.31. The zero-order valence-electron chi connectivity index (χ0n) is 13.6. The van der Waals surface area contributed by atoms with Crippen molar-refractivity contribution in [3.8, 4) is 0 Å². The van der Waals surface area contributed by atoms with Crippen molar-refractivity contribution < 1.29 is 4.79 Å². The molecule has 1 amide bonds. The second kappa shape index (κ2) is 7.96. The van der Waals surface area contributed by atoms with Crippen molar-refractivity contribution in [1.82, 2.24) is 5.32 Å². The highest BCUT2D eigenvalue weighted by molar-refractivity contribution is 5.79. The van der Waals surface area contributed by atoms with Crippen LogP contribution in [0, 0.1) is 5.92 Å². The average molecular weight is 307 g/mol. The van der Waals surface area contributed by atoms with Crippen molar-refractivity contribution in [3.63, 3.8) is 0 Å². The summed E-state index contributed by atoms with van der Waals surface area (Å²) >= 11 is 0. The van der Waals surface area contributed by atoms with Gasteiger partial charge in [0, 0.05) is 5.92 Å². The Bertz CT molecular complexity index is 602. The summed E-state index contributed by atoms with van der Waals surface area (Å²) in [6.45, 7) is 0. The number of carbonyl (C=O) groups excluding carboxylic acids is 1. The summed E-state index contributed by atoms with van der Waals surface area (Å²) in [5.41, 5.74) is 2.44. The minimum atomic E-state index is 0.0491. The van der Waals surface area contributed by atoms with Gasteiger partial charge in [-0.3, -0.25) is 4.79 Å². The number of carbonyl (C=O) groups is 1. The first kappa shape index (κ1) is 15.8. The zero-order chi connectivity index (χ0) is 15.9. The Balaban J connectivity index is 1.73. The number of amides is 1. The fourth-order valence-corrected chi connectivity index (χ4v) is 3.44. The van der Waals surface area contributed by atoms with Crippen LogP contribution >= 0.6 is 0 Å². The summed E-state index contributed by atoms with van der Waals surface area (Å²) in [7, 11) is 0. The predicted octanol–water partition coefficient (Wildman–Crippen LogP) is 4.67. The topological polar surface area (TPSA) is 29.1 Å². The minimum Gasteiger partial charge on any atom is -0.349 e. The van der Waals surface area contributed by atoms with E-state index in [0.717, 1.165) is 19.3 Å². The Kier molecular flexibility index (Phi) is 5.46. The highest BCUT2D eigenvalue weighted by Gasteiger charge is 2.24. The molecule has 3 rings (SSSR count). The van der Waals surface area contributed by atoms with E-state index in [4.69, 9.17) is 0 Å². The Morgan fingerprint density at radius 3 is 2.17 bits per heavy atom. The van der Waals surface area contributed by atoms with Crippen LogP contribution in [0.3, 0.4) is 0 Å². The Hall–Kier alpha value is -2.09. The highest BCUT2D eigenvalue weighted by atomic mass is 16.1. The molecule has 0 bridgehead atoms. The fraction of sp³-hybridized carbons (Fsp3) is 0.381. The standard InChI is InChI=1S/C21H25NO/c23-21(19-14-8-3-9-15-19)22-20(18-12-6-2-7-13-18)16-17-10-4-1-5-11-17/h1-2,4-7,10-13,19-20H,3,8-9,14-16H2,(H,22,23)/t20-/m0/s1. The maximum absolute atomic E-state index is 12.7. The molecule has 0 aliphatic heterocycles. The van der Waals surface area contributed by atoms with Gasteiger partial charge in [-0.1, -0.05) is 79.9 Å². The molecule has 2 aromatic carbocycles. The maximum Gasteiger partial charge on any atom is 0.223 e. The van der Waals surface area contributed by atoms with E-state index in [2.05, 4.69) is 41.7 Å². The second-order valence-corrected chi connectivity index (χ2v) is 6.50. The van der Waals surface area contributed by atoms with Gasteiger partial charge in [0.2, 0.25) is 5.91 Å². The molecule has 1 aliphatic rings. The number of benzene rings is 2. The zero-order valence-corrected chi connectivity index (χ0v) is 13.6. The molecule has 120 valence electrons. The average Bonchev–Trinajstić information content (AvgIpc) is 2.63. The molecule has 2 heteroatoms. The summed E-state index contributed by atoms with van der Waals surface area (Å²) < 4.78 is 0. The van der Waals surface area contributed by atoms with E-state index in [9.17, 15) is 4.79 Å². The molecule has 1 fully saturated rings. The van der Waals surface area contributed by atoms with Crippen LogP contribution in [0.4, 0.5) is 0 Å². The minimum absolute atomic E-state index is 0.0491. The van der Waals surface area contributed by atoms with Gasteiger partial charge in [0.15, 0.2) is 0 Å². The molecule has 1 aliphatic carbocycles.